The van der Waals surface area contributed by atoms with E-state index in [1.165, 1.54) is 5.56 Å². The minimum atomic E-state index is -0.155. The van der Waals surface area contributed by atoms with Crippen LogP contribution in [0.25, 0.3) is 0 Å². The Labute approximate surface area is 155 Å². The number of nitrogens with zero attached hydrogens (tertiary/aromatic N) is 1. The van der Waals surface area contributed by atoms with Gasteiger partial charge in [0.1, 0.15) is 0 Å². The van der Waals surface area contributed by atoms with Crippen molar-refractivity contribution in [1.82, 2.24) is 4.90 Å². The van der Waals surface area contributed by atoms with E-state index in [2.05, 4.69) is 16.7 Å². The Morgan fingerprint density at radius 1 is 1.00 bits per heavy atom. The highest BCUT2D eigenvalue weighted by Crippen LogP contribution is 2.16. The standard InChI is InChI=1S/C21H27N3O2/c1-5-24(6-2)21(26)17-8-7-9-18(13-17)23-20(25)14-22-19-11-10-15(3)12-16(19)4/h7-13,22H,5-6,14H2,1-4H3,(H,23,25). The summed E-state index contributed by atoms with van der Waals surface area (Å²) in [6.45, 7) is 9.43. The third kappa shape index (κ3) is 5.09. The first-order valence-electron chi connectivity index (χ1n) is 8.95. The number of hydrogen-bond donors (Lipinski definition) is 2. The van der Waals surface area contributed by atoms with Gasteiger partial charge >= 0.3 is 0 Å². The first-order valence-corrected chi connectivity index (χ1v) is 8.95. The molecule has 0 atom stereocenters. The summed E-state index contributed by atoms with van der Waals surface area (Å²) in [6.07, 6.45) is 0. The largest absolute Gasteiger partial charge is 0.376 e. The fourth-order valence-electron chi connectivity index (χ4n) is 2.82. The van der Waals surface area contributed by atoms with Crippen LogP contribution in [0.2, 0.25) is 0 Å². The normalized spacial score (nSPS) is 10.3. The second-order valence-corrected chi connectivity index (χ2v) is 6.28. The molecule has 0 aliphatic rings. The van der Waals surface area contributed by atoms with Gasteiger partial charge in [0.05, 0.1) is 6.54 Å². The fraction of sp³-hybridized carbons (Fsp3) is 0.333. The van der Waals surface area contributed by atoms with Crippen LogP contribution in [0.1, 0.15) is 35.3 Å². The van der Waals surface area contributed by atoms with Gasteiger partial charge in [0.15, 0.2) is 0 Å². The Hall–Kier alpha value is -2.82. The molecule has 2 rings (SSSR count). The molecule has 0 aliphatic carbocycles. The number of carbonyl (C=O) groups is 2. The summed E-state index contributed by atoms with van der Waals surface area (Å²) in [6, 6.07) is 13.1. The summed E-state index contributed by atoms with van der Waals surface area (Å²) in [5, 5.41) is 5.99. The zero-order valence-corrected chi connectivity index (χ0v) is 15.9. The molecule has 2 aromatic rings. The van der Waals surface area contributed by atoms with Crippen molar-refractivity contribution in [1.29, 1.82) is 0 Å². The van der Waals surface area contributed by atoms with Crippen molar-refractivity contribution in [2.45, 2.75) is 27.7 Å². The zero-order valence-electron chi connectivity index (χ0n) is 15.9. The average Bonchev–Trinajstić information content (AvgIpc) is 2.62. The molecule has 0 bridgehead atoms. The van der Waals surface area contributed by atoms with Gasteiger partial charge in [-0.05, 0) is 57.5 Å². The van der Waals surface area contributed by atoms with E-state index in [1.54, 1.807) is 29.2 Å². The van der Waals surface area contributed by atoms with Gasteiger partial charge in [0.25, 0.3) is 5.91 Å². The molecular formula is C21H27N3O2. The van der Waals surface area contributed by atoms with Gasteiger partial charge in [-0.15, -0.1) is 0 Å². The molecule has 26 heavy (non-hydrogen) atoms. The highest BCUT2D eigenvalue weighted by atomic mass is 16.2. The topological polar surface area (TPSA) is 61.4 Å². The predicted molar refractivity (Wildman–Crippen MR) is 107 cm³/mol. The summed E-state index contributed by atoms with van der Waals surface area (Å²) in [5.41, 5.74) is 4.43. The molecule has 0 unspecified atom stereocenters. The molecule has 0 radical (unpaired) electrons. The molecule has 2 N–H and O–H groups in total. The van der Waals surface area contributed by atoms with Crippen LogP contribution in [0, 0.1) is 13.8 Å². The minimum absolute atomic E-state index is 0.0282. The van der Waals surface area contributed by atoms with Gasteiger partial charge < -0.3 is 15.5 Å². The Morgan fingerprint density at radius 3 is 2.38 bits per heavy atom. The number of carbonyl (C=O) groups excluding carboxylic acids is 2. The zero-order chi connectivity index (χ0) is 19.1. The highest BCUT2D eigenvalue weighted by Gasteiger charge is 2.13. The lowest BCUT2D eigenvalue weighted by molar-refractivity contribution is -0.114. The van der Waals surface area contributed by atoms with Gasteiger partial charge in [-0.2, -0.15) is 0 Å². The summed E-state index contributed by atoms with van der Waals surface area (Å²) in [7, 11) is 0. The van der Waals surface area contributed by atoms with E-state index in [-0.39, 0.29) is 18.4 Å². The molecule has 138 valence electrons. The minimum Gasteiger partial charge on any atom is -0.376 e. The quantitative estimate of drug-likeness (QED) is 0.795. The maximum atomic E-state index is 12.4. The van der Waals surface area contributed by atoms with Crippen LogP contribution in [0.5, 0.6) is 0 Å². The number of amides is 2. The van der Waals surface area contributed by atoms with E-state index in [1.807, 2.05) is 39.8 Å². The molecule has 5 nitrogen and oxygen atoms in total. The number of hydrogen-bond acceptors (Lipinski definition) is 3. The summed E-state index contributed by atoms with van der Waals surface area (Å²) >= 11 is 0. The smallest absolute Gasteiger partial charge is 0.253 e. The van der Waals surface area contributed by atoms with Crippen LogP contribution in [-0.4, -0.2) is 36.3 Å². The molecule has 0 saturated carbocycles. The highest BCUT2D eigenvalue weighted by molar-refractivity contribution is 5.98. The van der Waals surface area contributed by atoms with Gasteiger partial charge in [0, 0.05) is 30.0 Å². The van der Waals surface area contributed by atoms with Crippen molar-refractivity contribution in [3.63, 3.8) is 0 Å². The Bertz CT molecular complexity index is 783. The second kappa shape index (κ2) is 9.04. The molecule has 0 saturated heterocycles. The third-order valence-electron chi connectivity index (χ3n) is 4.27. The summed E-state index contributed by atoms with van der Waals surface area (Å²) < 4.78 is 0. The van der Waals surface area contributed by atoms with E-state index in [0.29, 0.717) is 24.3 Å². The molecule has 0 aromatic heterocycles. The third-order valence-corrected chi connectivity index (χ3v) is 4.27. The Balaban J connectivity index is 1.98. The van der Waals surface area contributed by atoms with Crippen molar-refractivity contribution in [3.8, 4) is 0 Å². The fourth-order valence-corrected chi connectivity index (χ4v) is 2.82. The van der Waals surface area contributed by atoms with E-state index in [0.717, 1.165) is 11.3 Å². The lowest BCUT2D eigenvalue weighted by Crippen LogP contribution is -2.30. The maximum Gasteiger partial charge on any atom is 0.253 e. The van der Waals surface area contributed by atoms with Crippen LogP contribution in [0.3, 0.4) is 0 Å². The van der Waals surface area contributed by atoms with Crippen LogP contribution >= 0.6 is 0 Å². The Kier molecular flexibility index (Phi) is 6.78. The number of nitrogens with one attached hydrogen (secondary N) is 2. The van der Waals surface area contributed by atoms with Crippen molar-refractivity contribution >= 4 is 23.2 Å². The summed E-state index contributed by atoms with van der Waals surface area (Å²) in [5.74, 6) is -0.183. The van der Waals surface area contributed by atoms with Gasteiger partial charge in [0.2, 0.25) is 5.91 Å². The van der Waals surface area contributed by atoms with Gasteiger partial charge in [-0.25, -0.2) is 0 Å². The molecule has 2 aromatic carbocycles. The van der Waals surface area contributed by atoms with Crippen molar-refractivity contribution in [2.24, 2.45) is 0 Å². The predicted octanol–water partition coefficient (Wildman–Crippen LogP) is 3.84. The van der Waals surface area contributed by atoms with E-state index in [9.17, 15) is 9.59 Å². The molecule has 5 heteroatoms. The SMILES string of the molecule is CCN(CC)C(=O)c1cccc(NC(=O)CNc2ccc(C)cc2C)c1. The van der Waals surface area contributed by atoms with Crippen molar-refractivity contribution < 1.29 is 9.59 Å². The second-order valence-electron chi connectivity index (χ2n) is 6.28. The van der Waals surface area contributed by atoms with E-state index in [4.69, 9.17) is 0 Å². The van der Waals surface area contributed by atoms with Gasteiger partial charge in [-0.3, -0.25) is 9.59 Å². The number of anilines is 2. The van der Waals surface area contributed by atoms with Crippen LogP contribution in [0.15, 0.2) is 42.5 Å². The Morgan fingerprint density at radius 2 is 1.73 bits per heavy atom. The van der Waals surface area contributed by atoms with Crippen LogP contribution in [0.4, 0.5) is 11.4 Å². The van der Waals surface area contributed by atoms with E-state index >= 15 is 0 Å². The van der Waals surface area contributed by atoms with E-state index < -0.39 is 0 Å². The summed E-state index contributed by atoms with van der Waals surface area (Å²) in [4.78, 5) is 26.4. The molecular weight excluding hydrogens is 326 g/mol. The molecule has 0 heterocycles. The molecule has 0 fully saturated rings. The monoisotopic (exact) mass is 353 g/mol. The van der Waals surface area contributed by atoms with Gasteiger partial charge in [-0.1, -0.05) is 23.8 Å². The average molecular weight is 353 g/mol. The molecule has 2 amide bonds. The van der Waals surface area contributed by atoms with Crippen molar-refractivity contribution in [3.05, 3.63) is 59.2 Å². The first-order chi connectivity index (χ1) is 12.4. The first kappa shape index (κ1) is 19.5. The number of aryl methyl sites for hydroxylation is 2. The molecule has 0 aliphatic heterocycles. The van der Waals surface area contributed by atoms with Crippen LogP contribution in [-0.2, 0) is 4.79 Å². The van der Waals surface area contributed by atoms with Crippen molar-refractivity contribution in [2.75, 3.05) is 30.3 Å². The number of rotatable bonds is 7. The number of benzene rings is 2. The lowest BCUT2D eigenvalue weighted by atomic mass is 10.1. The lowest BCUT2D eigenvalue weighted by Gasteiger charge is -2.19. The molecule has 0 spiro atoms. The maximum absolute atomic E-state index is 12.4. The van der Waals surface area contributed by atoms with Crippen LogP contribution < -0.4 is 10.6 Å².